The number of nitrogens with one attached hydrogen (secondary N) is 2. The summed E-state index contributed by atoms with van der Waals surface area (Å²) < 4.78 is 0. The Bertz CT molecular complexity index is 689. The molecule has 0 saturated carbocycles. The summed E-state index contributed by atoms with van der Waals surface area (Å²) in [6.45, 7) is 6.71. The minimum atomic E-state index is -0.490. The van der Waals surface area contributed by atoms with Crippen LogP contribution in [0.25, 0.3) is 0 Å². The Kier molecular flexibility index (Phi) is 5.40. The van der Waals surface area contributed by atoms with Gasteiger partial charge in [0.2, 0.25) is 11.6 Å². The van der Waals surface area contributed by atoms with Gasteiger partial charge in [-0.15, -0.1) is 0 Å². The van der Waals surface area contributed by atoms with Crippen molar-refractivity contribution < 1.29 is 4.92 Å². The molecule has 0 aliphatic heterocycles. The molecule has 0 radical (unpaired) electrons. The molecule has 122 valence electrons. The molecule has 0 atom stereocenters. The number of hydrogen-bond donors (Lipinski definition) is 2. The maximum atomic E-state index is 11.4. The highest BCUT2D eigenvalue weighted by Crippen LogP contribution is 2.30. The van der Waals surface area contributed by atoms with Gasteiger partial charge in [-0.25, -0.2) is 15.0 Å². The summed E-state index contributed by atoms with van der Waals surface area (Å²) >= 11 is 0. The largest absolute Gasteiger partial charge is 0.364 e. The van der Waals surface area contributed by atoms with E-state index in [1.165, 1.54) is 6.33 Å². The van der Waals surface area contributed by atoms with Gasteiger partial charge >= 0.3 is 5.69 Å². The van der Waals surface area contributed by atoms with Gasteiger partial charge in [0, 0.05) is 12.7 Å². The van der Waals surface area contributed by atoms with Gasteiger partial charge in [-0.2, -0.15) is 0 Å². The molecule has 0 spiro atoms. The van der Waals surface area contributed by atoms with Crippen molar-refractivity contribution in [1.82, 2.24) is 15.0 Å². The van der Waals surface area contributed by atoms with Gasteiger partial charge in [0.05, 0.1) is 4.92 Å². The van der Waals surface area contributed by atoms with Crippen LogP contribution >= 0.6 is 0 Å². The Morgan fingerprint density at radius 3 is 2.65 bits per heavy atom. The number of pyridine rings is 1. The van der Waals surface area contributed by atoms with Gasteiger partial charge in [0.1, 0.15) is 12.1 Å². The van der Waals surface area contributed by atoms with Gasteiger partial charge in [-0.05, 0) is 37.0 Å². The van der Waals surface area contributed by atoms with E-state index < -0.39 is 4.92 Å². The standard InChI is InChI=1S/C15H20N6O2/c1-10(2)4-6-17-14-13(21(22)23)15(19-9-18-14)20-12-8-11(3)5-7-16-12/h5,7-10H,4,6H2,1-3H3,(H2,16,17,18,19,20). The average molecular weight is 316 g/mol. The van der Waals surface area contributed by atoms with E-state index in [0.29, 0.717) is 18.3 Å². The lowest BCUT2D eigenvalue weighted by molar-refractivity contribution is -0.383. The normalized spacial score (nSPS) is 10.6. The molecule has 0 aromatic carbocycles. The second-order valence-corrected chi connectivity index (χ2v) is 5.63. The highest BCUT2D eigenvalue weighted by atomic mass is 16.6. The first kappa shape index (κ1) is 16.6. The lowest BCUT2D eigenvalue weighted by Gasteiger charge is -2.10. The Hall–Kier alpha value is -2.77. The molecular weight excluding hydrogens is 296 g/mol. The van der Waals surface area contributed by atoms with Crippen LogP contribution in [0.2, 0.25) is 0 Å². The molecule has 2 aromatic rings. The average Bonchev–Trinajstić information content (AvgIpc) is 2.46. The van der Waals surface area contributed by atoms with Crippen LogP contribution < -0.4 is 10.6 Å². The zero-order chi connectivity index (χ0) is 16.8. The second-order valence-electron chi connectivity index (χ2n) is 5.63. The molecule has 8 heteroatoms. The number of aromatic nitrogens is 3. The van der Waals surface area contributed by atoms with Crippen molar-refractivity contribution in [3.8, 4) is 0 Å². The SMILES string of the molecule is Cc1ccnc(Nc2ncnc(NCCC(C)C)c2[N+](=O)[O-])c1. The van der Waals surface area contributed by atoms with Gasteiger partial charge in [-0.1, -0.05) is 13.8 Å². The second kappa shape index (κ2) is 7.48. The summed E-state index contributed by atoms with van der Waals surface area (Å²) in [4.78, 5) is 23.0. The van der Waals surface area contributed by atoms with Crippen LogP contribution in [0, 0.1) is 23.0 Å². The number of nitro groups is 1. The molecule has 2 aromatic heterocycles. The lowest BCUT2D eigenvalue weighted by atomic mass is 10.1. The molecule has 2 heterocycles. The van der Waals surface area contributed by atoms with Crippen LogP contribution in [-0.4, -0.2) is 26.4 Å². The van der Waals surface area contributed by atoms with Crippen LogP contribution in [0.15, 0.2) is 24.7 Å². The molecular formula is C15H20N6O2. The fraction of sp³-hybridized carbons (Fsp3) is 0.400. The van der Waals surface area contributed by atoms with Gasteiger partial charge in [0.15, 0.2) is 0 Å². The van der Waals surface area contributed by atoms with Crippen LogP contribution in [0.4, 0.5) is 23.1 Å². The zero-order valence-electron chi connectivity index (χ0n) is 13.4. The van der Waals surface area contributed by atoms with Gasteiger partial charge in [0.25, 0.3) is 0 Å². The lowest BCUT2D eigenvalue weighted by Crippen LogP contribution is -2.10. The highest BCUT2D eigenvalue weighted by molar-refractivity contribution is 5.72. The third-order valence-corrected chi connectivity index (χ3v) is 3.18. The van der Waals surface area contributed by atoms with E-state index in [1.54, 1.807) is 12.3 Å². The quantitative estimate of drug-likeness (QED) is 0.596. The first-order valence-electron chi connectivity index (χ1n) is 7.40. The molecule has 8 nitrogen and oxygen atoms in total. The Labute approximate surface area is 134 Å². The first-order valence-corrected chi connectivity index (χ1v) is 7.40. The Balaban J connectivity index is 2.26. The summed E-state index contributed by atoms with van der Waals surface area (Å²) in [5, 5.41) is 17.3. The van der Waals surface area contributed by atoms with Crippen molar-refractivity contribution in [1.29, 1.82) is 0 Å². The maximum Gasteiger partial charge on any atom is 0.353 e. The number of anilines is 3. The molecule has 0 saturated heterocycles. The van der Waals surface area contributed by atoms with E-state index in [-0.39, 0.29) is 17.3 Å². The van der Waals surface area contributed by atoms with Crippen LogP contribution in [-0.2, 0) is 0 Å². The fourth-order valence-corrected chi connectivity index (χ4v) is 1.98. The summed E-state index contributed by atoms with van der Waals surface area (Å²) in [5.41, 5.74) is 0.814. The molecule has 0 aliphatic carbocycles. The molecule has 0 amide bonds. The number of rotatable bonds is 7. The van der Waals surface area contributed by atoms with Gasteiger partial charge < -0.3 is 10.6 Å². The van der Waals surface area contributed by atoms with Crippen molar-refractivity contribution >= 4 is 23.1 Å². The van der Waals surface area contributed by atoms with Crippen molar-refractivity contribution in [2.45, 2.75) is 27.2 Å². The summed E-state index contributed by atoms with van der Waals surface area (Å²) in [5.74, 6) is 1.33. The number of hydrogen-bond acceptors (Lipinski definition) is 7. The zero-order valence-corrected chi connectivity index (χ0v) is 13.4. The number of aryl methyl sites for hydroxylation is 1. The molecule has 23 heavy (non-hydrogen) atoms. The summed E-state index contributed by atoms with van der Waals surface area (Å²) in [7, 11) is 0. The molecule has 0 fully saturated rings. The third-order valence-electron chi connectivity index (χ3n) is 3.18. The van der Waals surface area contributed by atoms with E-state index in [1.807, 2.05) is 13.0 Å². The Morgan fingerprint density at radius 1 is 1.26 bits per heavy atom. The predicted octanol–water partition coefficient (Wildman–Crippen LogP) is 3.29. The molecule has 2 rings (SSSR count). The van der Waals surface area contributed by atoms with Crippen LogP contribution in [0.1, 0.15) is 25.8 Å². The molecule has 2 N–H and O–H groups in total. The van der Waals surface area contributed by atoms with Crippen molar-refractivity contribution in [3.63, 3.8) is 0 Å². The maximum absolute atomic E-state index is 11.4. The number of nitrogens with zero attached hydrogens (tertiary/aromatic N) is 4. The van der Waals surface area contributed by atoms with Crippen molar-refractivity contribution in [3.05, 3.63) is 40.3 Å². The third kappa shape index (κ3) is 4.60. The van der Waals surface area contributed by atoms with E-state index >= 15 is 0 Å². The van der Waals surface area contributed by atoms with Crippen LogP contribution in [0.3, 0.4) is 0 Å². The fourth-order valence-electron chi connectivity index (χ4n) is 1.98. The smallest absolute Gasteiger partial charge is 0.353 e. The van der Waals surface area contributed by atoms with E-state index in [4.69, 9.17) is 0 Å². The Morgan fingerprint density at radius 2 is 2.00 bits per heavy atom. The summed E-state index contributed by atoms with van der Waals surface area (Å²) in [6, 6.07) is 3.64. The molecule has 0 aliphatic rings. The van der Waals surface area contributed by atoms with Gasteiger partial charge in [-0.3, -0.25) is 10.1 Å². The minimum absolute atomic E-state index is 0.121. The van der Waals surface area contributed by atoms with E-state index in [2.05, 4.69) is 39.4 Å². The van der Waals surface area contributed by atoms with Crippen molar-refractivity contribution in [2.75, 3.05) is 17.2 Å². The first-order chi connectivity index (χ1) is 11.0. The summed E-state index contributed by atoms with van der Waals surface area (Å²) in [6.07, 6.45) is 3.82. The van der Waals surface area contributed by atoms with E-state index in [9.17, 15) is 10.1 Å². The predicted molar refractivity (Wildman–Crippen MR) is 88.9 cm³/mol. The monoisotopic (exact) mass is 316 g/mol. The minimum Gasteiger partial charge on any atom is -0.364 e. The van der Waals surface area contributed by atoms with Crippen LogP contribution in [0.5, 0.6) is 0 Å². The molecule has 0 unspecified atom stereocenters. The highest BCUT2D eigenvalue weighted by Gasteiger charge is 2.23. The molecule has 0 bridgehead atoms. The topological polar surface area (TPSA) is 106 Å². The van der Waals surface area contributed by atoms with E-state index in [0.717, 1.165) is 12.0 Å². The van der Waals surface area contributed by atoms with Crippen molar-refractivity contribution in [2.24, 2.45) is 5.92 Å².